The molecule has 0 amide bonds. The minimum absolute atomic E-state index is 0.110. The topological polar surface area (TPSA) is 29.3 Å². The molecule has 98 valence electrons. The van der Waals surface area contributed by atoms with Crippen LogP contribution in [0.25, 0.3) is 0 Å². The van der Waals surface area contributed by atoms with E-state index in [0.29, 0.717) is 0 Å². The van der Waals surface area contributed by atoms with Crippen LogP contribution in [0.15, 0.2) is 32.7 Å². The predicted molar refractivity (Wildman–Crippen MR) is 84.2 cm³/mol. The Bertz CT molecular complexity index is 479. The van der Waals surface area contributed by atoms with E-state index in [2.05, 4.69) is 63.1 Å². The summed E-state index contributed by atoms with van der Waals surface area (Å²) in [5.41, 5.74) is 7.51. The van der Waals surface area contributed by atoms with Gasteiger partial charge in [-0.3, -0.25) is 4.90 Å². The normalized spacial score (nSPS) is 14.9. The summed E-state index contributed by atoms with van der Waals surface area (Å²) >= 11 is 7.01. The fourth-order valence-electron chi connectivity index (χ4n) is 2.13. The Balaban J connectivity index is 2.15. The minimum Gasteiger partial charge on any atom is -0.326 e. The van der Waals surface area contributed by atoms with Crippen LogP contribution in [0.1, 0.15) is 23.4 Å². The van der Waals surface area contributed by atoms with Crippen molar-refractivity contribution < 1.29 is 0 Å². The van der Waals surface area contributed by atoms with Gasteiger partial charge in [0.1, 0.15) is 0 Å². The van der Waals surface area contributed by atoms with Gasteiger partial charge in [0.25, 0.3) is 0 Å². The fourth-order valence-corrected chi connectivity index (χ4v) is 4.51. The second-order valence-electron chi connectivity index (χ2n) is 4.52. The van der Waals surface area contributed by atoms with Gasteiger partial charge in [0, 0.05) is 27.3 Å². The lowest BCUT2D eigenvalue weighted by Crippen LogP contribution is -2.36. The quantitative estimate of drug-likeness (QED) is 0.884. The molecular formula is C13H17BrN2S2. The molecule has 2 aromatic rings. The van der Waals surface area contributed by atoms with Gasteiger partial charge >= 0.3 is 0 Å². The van der Waals surface area contributed by atoms with Crippen LogP contribution in [0.2, 0.25) is 0 Å². The number of likely N-dealkylation sites (N-methyl/N-ethyl adjacent to an activating group) is 1. The third-order valence-electron chi connectivity index (χ3n) is 2.86. The van der Waals surface area contributed by atoms with Crippen LogP contribution < -0.4 is 5.73 Å². The monoisotopic (exact) mass is 344 g/mol. The van der Waals surface area contributed by atoms with Crippen molar-refractivity contribution in [1.82, 2.24) is 4.90 Å². The summed E-state index contributed by atoms with van der Waals surface area (Å²) in [5, 5.41) is 6.42. The largest absolute Gasteiger partial charge is 0.326 e. The summed E-state index contributed by atoms with van der Waals surface area (Å²) in [7, 11) is 2.14. The van der Waals surface area contributed by atoms with Gasteiger partial charge in [-0.1, -0.05) is 0 Å². The highest BCUT2D eigenvalue weighted by atomic mass is 79.9. The maximum absolute atomic E-state index is 6.16. The first-order valence-corrected chi connectivity index (χ1v) is 8.40. The van der Waals surface area contributed by atoms with Crippen molar-refractivity contribution >= 4 is 38.6 Å². The zero-order valence-electron chi connectivity index (χ0n) is 10.5. The van der Waals surface area contributed by atoms with Gasteiger partial charge in [0.2, 0.25) is 0 Å². The molecule has 0 aliphatic rings. The third kappa shape index (κ3) is 3.42. The minimum atomic E-state index is 0.110. The van der Waals surface area contributed by atoms with Gasteiger partial charge in [0.05, 0.1) is 6.04 Å². The Kier molecular flexibility index (Phi) is 4.98. The molecule has 0 aromatic carbocycles. The lowest BCUT2D eigenvalue weighted by Gasteiger charge is -2.30. The Hall–Kier alpha value is -0.200. The van der Waals surface area contributed by atoms with Crippen LogP contribution in [0.4, 0.5) is 0 Å². The first-order chi connectivity index (χ1) is 8.58. The summed E-state index contributed by atoms with van der Waals surface area (Å²) in [6.45, 7) is 3.01. The molecule has 0 spiro atoms. The first kappa shape index (κ1) is 14.2. The number of nitrogens with two attached hydrogens (primary N) is 1. The number of hydrogen-bond acceptors (Lipinski definition) is 4. The second kappa shape index (κ2) is 6.30. The zero-order chi connectivity index (χ0) is 13.1. The Labute approximate surface area is 125 Å². The summed E-state index contributed by atoms with van der Waals surface area (Å²) in [6.07, 6.45) is 0. The van der Waals surface area contributed by atoms with Crippen LogP contribution in [0, 0.1) is 0 Å². The van der Waals surface area contributed by atoms with Gasteiger partial charge < -0.3 is 5.73 Å². The number of halogens is 1. The number of rotatable bonds is 5. The van der Waals surface area contributed by atoms with Crippen molar-refractivity contribution in [1.29, 1.82) is 0 Å². The van der Waals surface area contributed by atoms with E-state index in [1.807, 2.05) is 0 Å². The number of thiophene rings is 2. The van der Waals surface area contributed by atoms with Crippen LogP contribution in [-0.4, -0.2) is 18.0 Å². The van der Waals surface area contributed by atoms with E-state index in [9.17, 15) is 0 Å². The molecule has 2 nitrogen and oxygen atoms in total. The molecule has 2 rings (SSSR count). The average Bonchev–Trinajstić information content (AvgIpc) is 2.90. The van der Waals surface area contributed by atoms with Crippen molar-refractivity contribution in [2.45, 2.75) is 25.6 Å². The van der Waals surface area contributed by atoms with Gasteiger partial charge in [-0.15, -0.1) is 11.3 Å². The van der Waals surface area contributed by atoms with Crippen LogP contribution in [0.3, 0.4) is 0 Å². The van der Waals surface area contributed by atoms with Crippen LogP contribution in [-0.2, 0) is 6.54 Å². The van der Waals surface area contributed by atoms with E-state index in [0.717, 1.165) is 11.0 Å². The maximum atomic E-state index is 6.16. The predicted octanol–water partition coefficient (Wildman–Crippen LogP) is 4.09. The SMILES string of the molecule is CC(N)C(c1cc(Br)cs1)N(C)Cc1ccsc1. The zero-order valence-corrected chi connectivity index (χ0v) is 13.7. The molecule has 0 fully saturated rings. The lowest BCUT2D eigenvalue weighted by molar-refractivity contribution is 0.214. The van der Waals surface area contributed by atoms with E-state index in [1.165, 1.54) is 10.4 Å². The third-order valence-corrected chi connectivity index (χ3v) is 5.36. The molecule has 5 heteroatoms. The summed E-state index contributed by atoms with van der Waals surface area (Å²) in [5.74, 6) is 0. The van der Waals surface area contributed by atoms with Gasteiger partial charge in [-0.25, -0.2) is 0 Å². The highest BCUT2D eigenvalue weighted by Crippen LogP contribution is 2.31. The van der Waals surface area contributed by atoms with Crippen molar-refractivity contribution in [3.63, 3.8) is 0 Å². The lowest BCUT2D eigenvalue weighted by atomic mass is 10.1. The van der Waals surface area contributed by atoms with E-state index in [4.69, 9.17) is 5.73 Å². The van der Waals surface area contributed by atoms with Crippen molar-refractivity contribution in [2.75, 3.05) is 7.05 Å². The molecule has 2 aromatic heterocycles. The molecule has 0 aliphatic carbocycles. The molecule has 2 N–H and O–H groups in total. The first-order valence-electron chi connectivity index (χ1n) is 5.78. The van der Waals surface area contributed by atoms with Crippen LogP contribution in [0.5, 0.6) is 0 Å². The Morgan fingerprint density at radius 1 is 1.44 bits per heavy atom. The molecular weight excluding hydrogens is 328 g/mol. The maximum Gasteiger partial charge on any atom is 0.0591 e. The molecule has 0 radical (unpaired) electrons. The second-order valence-corrected chi connectivity index (χ2v) is 7.16. The molecule has 2 atom stereocenters. The Morgan fingerprint density at radius 3 is 2.72 bits per heavy atom. The summed E-state index contributed by atoms with van der Waals surface area (Å²) in [6, 6.07) is 4.72. The highest BCUT2D eigenvalue weighted by molar-refractivity contribution is 9.10. The van der Waals surface area contributed by atoms with Crippen molar-refractivity contribution in [2.24, 2.45) is 5.73 Å². The fraction of sp³-hybridized carbons (Fsp3) is 0.385. The molecule has 18 heavy (non-hydrogen) atoms. The van der Waals surface area contributed by atoms with Crippen molar-refractivity contribution in [3.8, 4) is 0 Å². The Morgan fingerprint density at radius 2 is 2.22 bits per heavy atom. The van der Waals surface area contributed by atoms with Gasteiger partial charge in [0.15, 0.2) is 0 Å². The summed E-state index contributed by atoms with van der Waals surface area (Å²) in [4.78, 5) is 3.64. The van der Waals surface area contributed by atoms with Gasteiger partial charge in [-0.05, 0) is 58.4 Å². The van der Waals surface area contributed by atoms with E-state index in [-0.39, 0.29) is 12.1 Å². The van der Waals surface area contributed by atoms with Crippen LogP contribution >= 0.6 is 38.6 Å². The summed E-state index contributed by atoms with van der Waals surface area (Å²) < 4.78 is 1.14. The smallest absolute Gasteiger partial charge is 0.0591 e. The molecule has 0 aliphatic heterocycles. The number of hydrogen-bond donors (Lipinski definition) is 1. The standard InChI is InChI=1S/C13H17BrN2S2/c1-9(15)13(12-5-11(14)8-18-12)16(2)6-10-3-4-17-7-10/h3-5,7-9,13H,6,15H2,1-2H3. The molecule has 2 heterocycles. The molecule has 0 saturated heterocycles. The number of nitrogens with zero attached hydrogens (tertiary/aromatic N) is 1. The van der Waals surface area contributed by atoms with E-state index in [1.54, 1.807) is 22.7 Å². The molecule has 0 saturated carbocycles. The van der Waals surface area contributed by atoms with Gasteiger partial charge in [-0.2, -0.15) is 11.3 Å². The van der Waals surface area contributed by atoms with Crippen molar-refractivity contribution in [3.05, 3.63) is 43.2 Å². The van der Waals surface area contributed by atoms with E-state index < -0.39 is 0 Å². The average molecular weight is 345 g/mol. The van der Waals surface area contributed by atoms with E-state index >= 15 is 0 Å². The molecule has 0 bridgehead atoms. The highest BCUT2D eigenvalue weighted by Gasteiger charge is 2.22. The molecule has 2 unspecified atom stereocenters.